The van der Waals surface area contributed by atoms with Crippen LogP contribution in [0.3, 0.4) is 0 Å². The predicted molar refractivity (Wildman–Crippen MR) is 57.4 cm³/mol. The Kier molecular flexibility index (Phi) is 4.51. The van der Waals surface area contributed by atoms with Gasteiger partial charge in [-0.25, -0.2) is 13.6 Å². The van der Waals surface area contributed by atoms with Crippen LogP contribution in [-0.4, -0.2) is 18.9 Å². The van der Waals surface area contributed by atoms with Crippen molar-refractivity contribution in [2.24, 2.45) is 0 Å². The number of aldehydes is 1. The molecule has 1 rings (SSSR count). The molecule has 5 heteroatoms. The van der Waals surface area contributed by atoms with Crippen LogP contribution in [0.1, 0.15) is 22.8 Å². The topological polar surface area (TPSA) is 43.4 Å². The van der Waals surface area contributed by atoms with Crippen LogP contribution in [0.4, 0.5) is 8.78 Å². The first-order valence-electron chi connectivity index (χ1n) is 4.87. The maximum atomic E-state index is 13.3. The molecule has 0 saturated carbocycles. The fraction of sp³-hybridized carbons (Fsp3) is 0.167. The lowest BCUT2D eigenvalue weighted by Gasteiger charge is -2.00. The molecule has 90 valence electrons. The van der Waals surface area contributed by atoms with E-state index < -0.39 is 17.6 Å². The number of rotatable bonds is 4. The minimum atomic E-state index is -0.843. The average Bonchev–Trinajstić information content (AvgIpc) is 2.30. The van der Waals surface area contributed by atoms with Crippen molar-refractivity contribution < 1.29 is 23.1 Å². The van der Waals surface area contributed by atoms with Gasteiger partial charge in [0.05, 0.1) is 12.2 Å². The third-order valence-corrected chi connectivity index (χ3v) is 1.93. The van der Waals surface area contributed by atoms with Crippen molar-refractivity contribution in [1.82, 2.24) is 0 Å². The van der Waals surface area contributed by atoms with Crippen molar-refractivity contribution in [2.45, 2.75) is 6.92 Å². The largest absolute Gasteiger partial charge is 0.463 e. The smallest absolute Gasteiger partial charge is 0.330 e. The summed E-state index contributed by atoms with van der Waals surface area (Å²) in [5.41, 5.74) is -0.489. The summed E-state index contributed by atoms with van der Waals surface area (Å²) >= 11 is 0. The second-order valence-corrected chi connectivity index (χ2v) is 3.10. The van der Waals surface area contributed by atoms with Gasteiger partial charge in [0.2, 0.25) is 0 Å². The molecule has 0 aromatic heterocycles. The molecule has 0 saturated heterocycles. The summed E-state index contributed by atoms with van der Waals surface area (Å²) in [7, 11) is 0. The van der Waals surface area contributed by atoms with Crippen LogP contribution in [0.25, 0.3) is 6.08 Å². The number of benzene rings is 1. The number of ether oxygens (including phenoxy) is 1. The van der Waals surface area contributed by atoms with Gasteiger partial charge in [0.25, 0.3) is 0 Å². The standard InChI is InChI=1S/C12H10F2O3/c1-2-17-12(16)4-3-8-5-11(14)9(7-15)6-10(8)13/h3-7H,2H2,1H3. The number of hydrogen-bond donors (Lipinski definition) is 0. The van der Waals surface area contributed by atoms with Gasteiger partial charge in [-0.15, -0.1) is 0 Å². The van der Waals surface area contributed by atoms with Gasteiger partial charge in [-0.05, 0) is 25.1 Å². The van der Waals surface area contributed by atoms with Gasteiger partial charge in [0.1, 0.15) is 11.6 Å². The van der Waals surface area contributed by atoms with E-state index in [1.807, 2.05) is 0 Å². The normalized spacial score (nSPS) is 10.5. The van der Waals surface area contributed by atoms with Crippen LogP contribution in [0, 0.1) is 11.6 Å². The number of carbonyl (C=O) groups is 2. The van der Waals surface area contributed by atoms with Gasteiger partial charge >= 0.3 is 5.97 Å². The molecule has 0 N–H and O–H groups in total. The number of esters is 1. The van der Waals surface area contributed by atoms with E-state index in [1.54, 1.807) is 6.92 Å². The molecule has 0 aliphatic heterocycles. The van der Waals surface area contributed by atoms with Crippen LogP contribution >= 0.6 is 0 Å². The zero-order valence-electron chi connectivity index (χ0n) is 9.07. The Hall–Kier alpha value is -2.04. The second kappa shape index (κ2) is 5.89. The molecule has 0 bridgehead atoms. The molecule has 0 fully saturated rings. The summed E-state index contributed by atoms with van der Waals surface area (Å²) in [6.45, 7) is 1.83. The molecule has 1 aromatic rings. The van der Waals surface area contributed by atoms with Crippen LogP contribution in [0.5, 0.6) is 0 Å². The number of hydrogen-bond acceptors (Lipinski definition) is 3. The van der Waals surface area contributed by atoms with Crippen LogP contribution in [-0.2, 0) is 9.53 Å². The first kappa shape index (κ1) is 13.0. The van der Waals surface area contributed by atoms with Gasteiger partial charge in [-0.2, -0.15) is 0 Å². The van der Waals surface area contributed by atoms with Crippen molar-refractivity contribution in [3.05, 3.63) is 41.0 Å². The third kappa shape index (κ3) is 3.48. The highest BCUT2D eigenvalue weighted by Crippen LogP contribution is 2.15. The molecule has 1 aromatic carbocycles. The van der Waals surface area contributed by atoms with E-state index in [1.165, 1.54) is 0 Å². The Morgan fingerprint density at radius 1 is 1.29 bits per heavy atom. The number of carbonyl (C=O) groups excluding carboxylic acids is 2. The summed E-state index contributed by atoms with van der Waals surface area (Å²) < 4.78 is 31.1. The zero-order valence-corrected chi connectivity index (χ0v) is 9.07. The van der Waals surface area contributed by atoms with Crippen LogP contribution in [0.15, 0.2) is 18.2 Å². The van der Waals surface area contributed by atoms with Gasteiger partial charge < -0.3 is 4.74 Å². The van der Waals surface area contributed by atoms with E-state index >= 15 is 0 Å². The first-order valence-corrected chi connectivity index (χ1v) is 4.87. The molecule has 0 spiro atoms. The first-order chi connectivity index (χ1) is 8.08. The second-order valence-electron chi connectivity index (χ2n) is 3.10. The summed E-state index contributed by atoms with van der Waals surface area (Å²) in [5.74, 6) is -2.27. The highest BCUT2D eigenvalue weighted by atomic mass is 19.1. The van der Waals surface area contributed by atoms with Gasteiger partial charge in [-0.3, -0.25) is 4.79 Å². The quantitative estimate of drug-likeness (QED) is 0.461. The van der Waals surface area contributed by atoms with E-state index in [-0.39, 0.29) is 24.0 Å². The zero-order chi connectivity index (χ0) is 12.8. The van der Waals surface area contributed by atoms with E-state index in [0.717, 1.165) is 24.3 Å². The van der Waals surface area contributed by atoms with Crippen molar-refractivity contribution in [3.8, 4) is 0 Å². The molecule has 17 heavy (non-hydrogen) atoms. The molecule has 0 aliphatic rings. The van der Waals surface area contributed by atoms with E-state index in [4.69, 9.17) is 0 Å². The monoisotopic (exact) mass is 240 g/mol. The highest BCUT2D eigenvalue weighted by molar-refractivity contribution is 5.87. The van der Waals surface area contributed by atoms with Gasteiger partial charge in [0.15, 0.2) is 6.29 Å². The van der Waals surface area contributed by atoms with Gasteiger partial charge in [0, 0.05) is 11.6 Å². The van der Waals surface area contributed by atoms with Gasteiger partial charge in [-0.1, -0.05) is 0 Å². The van der Waals surface area contributed by atoms with E-state index in [9.17, 15) is 18.4 Å². The molecule has 0 radical (unpaired) electrons. The molecule has 0 amide bonds. The minimum Gasteiger partial charge on any atom is -0.463 e. The lowest BCUT2D eigenvalue weighted by Crippen LogP contribution is -1.99. The SMILES string of the molecule is CCOC(=O)C=Cc1cc(F)c(C=O)cc1F. The molecule has 0 heterocycles. The Morgan fingerprint density at radius 2 is 1.88 bits per heavy atom. The lowest BCUT2D eigenvalue weighted by atomic mass is 10.1. The highest BCUT2D eigenvalue weighted by Gasteiger charge is 2.07. The summed E-state index contributed by atoms with van der Waals surface area (Å²) in [4.78, 5) is 21.3. The molecule has 0 aliphatic carbocycles. The molecule has 0 atom stereocenters. The molecular weight excluding hydrogens is 230 g/mol. The third-order valence-electron chi connectivity index (χ3n) is 1.93. The van der Waals surface area contributed by atoms with Crippen LogP contribution in [0.2, 0.25) is 0 Å². The fourth-order valence-electron chi connectivity index (χ4n) is 1.14. The maximum Gasteiger partial charge on any atom is 0.330 e. The Labute approximate surface area is 96.7 Å². The van der Waals surface area contributed by atoms with E-state index in [2.05, 4.69) is 4.74 Å². The summed E-state index contributed by atoms with van der Waals surface area (Å²) in [6.07, 6.45) is 2.30. The summed E-state index contributed by atoms with van der Waals surface area (Å²) in [6, 6.07) is 1.61. The number of halogens is 2. The Balaban J connectivity index is 2.96. The minimum absolute atomic E-state index is 0.124. The Bertz CT molecular complexity index is 467. The van der Waals surface area contributed by atoms with Crippen molar-refractivity contribution in [1.29, 1.82) is 0 Å². The molecule has 3 nitrogen and oxygen atoms in total. The Morgan fingerprint density at radius 3 is 2.47 bits per heavy atom. The van der Waals surface area contributed by atoms with E-state index in [0.29, 0.717) is 0 Å². The average molecular weight is 240 g/mol. The molecule has 0 unspecified atom stereocenters. The lowest BCUT2D eigenvalue weighted by molar-refractivity contribution is -0.137. The van der Waals surface area contributed by atoms with Crippen molar-refractivity contribution >= 4 is 18.3 Å². The van der Waals surface area contributed by atoms with Crippen molar-refractivity contribution in [2.75, 3.05) is 6.61 Å². The molecular formula is C12H10F2O3. The van der Waals surface area contributed by atoms with Crippen LogP contribution < -0.4 is 0 Å². The van der Waals surface area contributed by atoms with Crippen molar-refractivity contribution in [3.63, 3.8) is 0 Å². The maximum absolute atomic E-state index is 13.3. The summed E-state index contributed by atoms with van der Waals surface area (Å²) in [5, 5.41) is 0. The predicted octanol–water partition coefficient (Wildman–Crippen LogP) is 2.35. The fourth-order valence-corrected chi connectivity index (χ4v) is 1.14.